The number of carbonyl (C=O) groups is 1. The number of hydrogen-bond acceptors (Lipinski definition) is 4. The first-order chi connectivity index (χ1) is 11.7. The van der Waals surface area contributed by atoms with Crippen molar-refractivity contribution in [1.29, 1.82) is 0 Å². The van der Waals surface area contributed by atoms with E-state index in [1.54, 1.807) is 6.07 Å². The van der Waals surface area contributed by atoms with Gasteiger partial charge in [-0.3, -0.25) is 4.79 Å². The highest BCUT2D eigenvalue weighted by Gasteiger charge is 2.34. The van der Waals surface area contributed by atoms with E-state index >= 15 is 0 Å². The van der Waals surface area contributed by atoms with Gasteiger partial charge in [-0.05, 0) is 43.4 Å². The molecule has 1 aliphatic rings. The first-order valence-electron chi connectivity index (χ1n) is 8.05. The van der Waals surface area contributed by atoms with E-state index in [4.69, 9.17) is 9.40 Å². The van der Waals surface area contributed by atoms with E-state index in [2.05, 4.69) is 10.6 Å². The quantitative estimate of drug-likeness (QED) is 0.679. The molecule has 0 saturated carbocycles. The number of fused-ring (bicyclic) bond motifs is 1. The van der Waals surface area contributed by atoms with Gasteiger partial charge in [0.05, 0.1) is 17.1 Å². The molecule has 1 fully saturated rings. The molecule has 124 valence electrons. The summed E-state index contributed by atoms with van der Waals surface area (Å²) < 4.78 is 7.72. The fourth-order valence-corrected chi connectivity index (χ4v) is 3.80. The molecule has 24 heavy (non-hydrogen) atoms. The molecule has 0 radical (unpaired) electrons. The average Bonchev–Trinajstić information content (AvgIpc) is 3.33. The molecular formula is C18H19N3O2S. The SMILES string of the molecule is CSc1ccc(C(=O)N2CCCC2c2nc3ccccc3n2C)o1. The lowest BCUT2D eigenvalue weighted by Crippen LogP contribution is -2.31. The Bertz CT molecular complexity index is 899. The summed E-state index contributed by atoms with van der Waals surface area (Å²) in [4.78, 5) is 19.5. The molecular weight excluding hydrogens is 322 g/mol. The van der Waals surface area contributed by atoms with Crippen LogP contribution in [0.2, 0.25) is 0 Å². The van der Waals surface area contributed by atoms with Crippen molar-refractivity contribution in [3.05, 3.63) is 48.0 Å². The summed E-state index contributed by atoms with van der Waals surface area (Å²) in [5.41, 5.74) is 2.06. The van der Waals surface area contributed by atoms with Crippen LogP contribution < -0.4 is 0 Å². The van der Waals surface area contributed by atoms with E-state index in [1.165, 1.54) is 11.8 Å². The van der Waals surface area contributed by atoms with Crippen molar-refractivity contribution in [2.75, 3.05) is 12.8 Å². The van der Waals surface area contributed by atoms with Gasteiger partial charge in [-0.25, -0.2) is 4.98 Å². The number of likely N-dealkylation sites (tertiary alicyclic amines) is 1. The molecule has 0 spiro atoms. The number of para-hydroxylation sites is 2. The smallest absolute Gasteiger partial charge is 0.290 e. The van der Waals surface area contributed by atoms with E-state index in [1.807, 2.05) is 42.5 Å². The van der Waals surface area contributed by atoms with Gasteiger partial charge in [0.2, 0.25) is 0 Å². The number of hydrogen-bond donors (Lipinski definition) is 0. The molecule has 6 heteroatoms. The molecule has 0 N–H and O–H groups in total. The van der Waals surface area contributed by atoms with Gasteiger partial charge >= 0.3 is 0 Å². The van der Waals surface area contributed by atoms with Gasteiger partial charge in [0.15, 0.2) is 10.9 Å². The molecule has 5 nitrogen and oxygen atoms in total. The number of benzene rings is 1. The first kappa shape index (κ1) is 15.3. The van der Waals surface area contributed by atoms with Crippen molar-refractivity contribution in [3.63, 3.8) is 0 Å². The molecule has 0 bridgehead atoms. The third-order valence-corrected chi connectivity index (χ3v) is 5.25. The van der Waals surface area contributed by atoms with Gasteiger partial charge in [0.1, 0.15) is 5.82 Å². The molecule has 4 rings (SSSR count). The maximum absolute atomic E-state index is 12.9. The van der Waals surface area contributed by atoms with Crippen molar-refractivity contribution < 1.29 is 9.21 Å². The molecule has 3 heterocycles. The number of amides is 1. The van der Waals surface area contributed by atoms with Gasteiger partial charge in [0, 0.05) is 13.6 Å². The van der Waals surface area contributed by atoms with Crippen LogP contribution in [0.25, 0.3) is 11.0 Å². The third-order valence-electron chi connectivity index (χ3n) is 4.63. The van der Waals surface area contributed by atoms with Crippen molar-refractivity contribution in [1.82, 2.24) is 14.5 Å². The molecule has 2 aromatic heterocycles. The molecule has 1 aliphatic heterocycles. The molecule has 1 atom stereocenters. The van der Waals surface area contributed by atoms with Crippen LogP contribution >= 0.6 is 11.8 Å². The summed E-state index contributed by atoms with van der Waals surface area (Å²) in [5, 5.41) is 0.761. The van der Waals surface area contributed by atoms with Gasteiger partial charge in [-0.15, -0.1) is 0 Å². The van der Waals surface area contributed by atoms with Crippen LogP contribution in [0.1, 0.15) is 35.3 Å². The minimum absolute atomic E-state index is 0.00210. The number of aryl methyl sites for hydroxylation is 1. The fraction of sp³-hybridized carbons (Fsp3) is 0.333. The van der Waals surface area contributed by atoms with Crippen LogP contribution in [0.5, 0.6) is 0 Å². The van der Waals surface area contributed by atoms with E-state index < -0.39 is 0 Å². The highest BCUT2D eigenvalue weighted by atomic mass is 32.2. The van der Waals surface area contributed by atoms with Gasteiger partial charge in [-0.1, -0.05) is 23.9 Å². The van der Waals surface area contributed by atoms with E-state index in [9.17, 15) is 4.79 Å². The second-order valence-electron chi connectivity index (χ2n) is 6.00. The van der Waals surface area contributed by atoms with Crippen molar-refractivity contribution in [2.45, 2.75) is 24.0 Å². The number of aromatic nitrogens is 2. The van der Waals surface area contributed by atoms with Crippen LogP contribution in [0.4, 0.5) is 0 Å². The predicted molar refractivity (Wildman–Crippen MR) is 94.2 cm³/mol. The summed E-state index contributed by atoms with van der Waals surface area (Å²) in [5.74, 6) is 1.30. The molecule has 3 aromatic rings. The van der Waals surface area contributed by atoms with E-state index in [-0.39, 0.29) is 11.9 Å². The summed E-state index contributed by atoms with van der Waals surface area (Å²) >= 11 is 1.50. The summed E-state index contributed by atoms with van der Waals surface area (Å²) in [6.45, 7) is 0.738. The Labute approximate surface area is 144 Å². The number of furan rings is 1. The Morgan fingerprint density at radius 1 is 1.29 bits per heavy atom. The number of imidazole rings is 1. The molecule has 1 unspecified atom stereocenters. The third kappa shape index (κ3) is 2.41. The Morgan fingerprint density at radius 2 is 2.12 bits per heavy atom. The number of carbonyl (C=O) groups excluding carboxylic acids is 1. The van der Waals surface area contributed by atoms with Crippen LogP contribution in [0, 0.1) is 0 Å². The Balaban J connectivity index is 1.69. The second kappa shape index (κ2) is 6.02. The zero-order chi connectivity index (χ0) is 16.7. The minimum atomic E-state index is -0.0511. The van der Waals surface area contributed by atoms with Crippen LogP contribution in [-0.2, 0) is 7.05 Å². The standard InChI is InChI=1S/C18H19N3O2S/c1-20-13-7-4-3-6-12(13)19-17(20)14-8-5-11-21(14)18(22)15-9-10-16(23-15)24-2/h3-4,6-7,9-10,14H,5,8,11H2,1-2H3. The summed E-state index contributed by atoms with van der Waals surface area (Å²) in [6, 6.07) is 11.7. The Hall–Kier alpha value is -2.21. The normalized spacial score (nSPS) is 17.8. The van der Waals surface area contributed by atoms with E-state index in [0.29, 0.717) is 5.76 Å². The van der Waals surface area contributed by atoms with Crippen molar-refractivity contribution in [3.8, 4) is 0 Å². The topological polar surface area (TPSA) is 51.3 Å². The average molecular weight is 341 g/mol. The highest BCUT2D eigenvalue weighted by molar-refractivity contribution is 7.98. The molecule has 0 aliphatic carbocycles. The second-order valence-corrected chi connectivity index (χ2v) is 6.81. The van der Waals surface area contributed by atoms with Crippen LogP contribution in [0.3, 0.4) is 0 Å². The largest absolute Gasteiger partial charge is 0.445 e. The lowest BCUT2D eigenvalue weighted by Gasteiger charge is -2.23. The Morgan fingerprint density at radius 3 is 2.88 bits per heavy atom. The van der Waals surface area contributed by atoms with Crippen LogP contribution in [0.15, 0.2) is 45.9 Å². The maximum atomic E-state index is 12.9. The fourth-order valence-electron chi connectivity index (χ4n) is 3.43. The van der Waals surface area contributed by atoms with Crippen molar-refractivity contribution >= 4 is 28.7 Å². The summed E-state index contributed by atoms with van der Waals surface area (Å²) in [6.07, 6.45) is 3.85. The van der Waals surface area contributed by atoms with Gasteiger partial charge < -0.3 is 13.9 Å². The van der Waals surface area contributed by atoms with Crippen LogP contribution in [-0.4, -0.2) is 33.2 Å². The molecule has 1 aromatic carbocycles. The molecule has 1 saturated heterocycles. The summed E-state index contributed by atoms with van der Waals surface area (Å²) in [7, 11) is 2.02. The number of thioether (sulfide) groups is 1. The van der Waals surface area contributed by atoms with Gasteiger partial charge in [0.25, 0.3) is 5.91 Å². The number of nitrogens with zero attached hydrogens (tertiary/aromatic N) is 3. The predicted octanol–water partition coefficient (Wildman–Crippen LogP) is 3.87. The lowest BCUT2D eigenvalue weighted by molar-refractivity contribution is 0.0690. The maximum Gasteiger partial charge on any atom is 0.290 e. The Kier molecular flexibility index (Phi) is 3.84. The highest BCUT2D eigenvalue weighted by Crippen LogP contribution is 2.34. The zero-order valence-electron chi connectivity index (χ0n) is 13.7. The molecule has 1 amide bonds. The van der Waals surface area contributed by atoms with Crippen molar-refractivity contribution in [2.24, 2.45) is 7.05 Å². The van der Waals surface area contributed by atoms with Gasteiger partial charge in [-0.2, -0.15) is 0 Å². The monoisotopic (exact) mass is 341 g/mol. The first-order valence-corrected chi connectivity index (χ1v) is 9.27. The number of rotatable bonds is 3. The lowest BCUT2D eigenvalue weighted by atomic mass is 10.2. The van der Waals surface area contributed by atoms with E-state index in [0.717, 1.165) is 41.3 Å². The minimum Gasteiger partial charge on any atom is -0.445 e. The zero-order valence-corrected chi connectivity index (χ0v) is 14.5.